The van der Waals surface area contributed by atoms with Gasteiger partial charge in [-0.2, -0.15) is 0 Å². The van der Waals surface area contributed by atoms with E-state index in [2.05, 4.69) is 24.3 Å². The molecule has 2 saturated carbocycles. The van der Waals surface area contributed by atoms with Crippen molar-refractivity contribution in [1.29, 1.82) is 0 Å². The quantitative estimate of drug-likeness (QED) is 0.276. The minimum Gasteiger partial charge on any atom is -0.425 e. The van der Waals surface area contributed by atoms with E-state index in [-0.39, 0.29) is 12.4 Å². The Balaban J connectivity index is 1.20. The van der Waals surface area contributed by atoms with Gasteiger partial charge in [0.05, 0.1) is 12.3 Å². The molecule has 35 heavy (non-hydrogen) atoms. The summed E-state index contributed by atoms with van der Waals surface area (Å²) in [4.78, 5) is 25.0. The molecule has 2 atom stereocenters. The van der Waals surface area contributed by atoms with Crippen LogP contribution < -0.4 is 0 Å². The fourth-order valence-electron chi connectivity index (χ4n) is 5.65. The predicted molar refractivity (Wildman–Crippen MR) is 138 cm³/mol. The first-order chi connectivity index (χ1) is 17.0. The van der Waals surface area contributed by atoms with Crippen LogP contribution in [0.4, 0.5) is 0 Å². The topological polar surface area (TPSA) is 52.6 Å². The van der Waals surface area contributed by atoms with Crippen molar-refractivity contribution >= 4 is 11.9 Å². The Kier molecular flexibility index (Phi) is 9.01. The summed E-state index contributed by atoms with van der Waals surface area (Å²) in [6, 6.07) is 16.5. The SMILES string of the molecule is CC(OC(=O)Cc1ccc(CC2CCCC2)cc1)OC(=O)C(C)c1ccc(CC2CCCC2)cc1. The van der Waals surface area contributed by atoms with Gasteiger partial charge < -0.3 is 9.47 Å². The zero-order valence-corrected chi connectivity index (χ0v) is 21.3. The van der Waals surface area contributed by atoms with Crippen LogP contribution in [0.25, 0.3) is 0 Å². The monoisotopic (exact) mass is 476 g/mol. The van der Waals surface area contributed by atoms with Gasteiger partial charge in [-0.3, -0.25) is 9.59 Å². The number of hydrogen-bond donors (Lipinski definition) is 0. The summed E-state index contributed by atoms with van der Waals surface area (Å²) in [5, 5.41) is 0. The molecule has 0 amide bonds. The minimum atomic E-state index is -0.916. The lowest BCUT2D eigenvalue weighted by Crippen LogP contribution is -2.25. The summed E-state index contributed by atoms with van der Waals surface area (Å²) < 4.78 is 10.8. The van der Waals surface area contributed by atoms with Crippen LogP contribution in [0.2, 0.25) is 0 Å². The van der Waals surface area contributed by atoms with Crippen LogP contribution in [0.5, 0.6) is 0 Å². The van der Waals surface area contributed by atoms with Gasteiger partial charge in [0.2, 0.25) is 6.29 Å². The third kappa shape index (κ3) is 7.68. The van der Waals surface area contributed by atoms with Crippen LogP contribution in [0.1, 0.15) is 93.4 Å². The van der Waals surface area contributed by atoms with Crippen molar-refractivity contribution in [2.45, 2.75) is 96.7 Å². The maximum absolute atomic E-state index is 12.6. The van der Waals surface area contributed by atoms with Gasteiger partial charge in [0, 0.05) is 6.92 Å². The maximum Gasteiger partial charge on any atom is 0.316 e. The summed E-state index contributed by atoms with van der Waals surface area (Å²) in [7, 11) is 0. The average Bonchev–Trinajstić information content (AvgIpc) is 3.55. The van der Waals surface area contributed by atoms with Crippen LogP contribution in [0.15, 0.2) is 48.5 Å². The van der Waals surface area contributed by atoms with E-state index in [0.717, 1.165) is 35.8 Å². The Bertz CT molecular complexity index is 950. The molecule has 2 aromatic rings. The first-order valence-corrected chi connectivity index (χ1v) is 13.5. The van der Waals surface area contributed by atoms with Crippen LogP contribution in [-0.2, 0) is 38.3 Å². The lowest BCUT2D eigenvalue weighted by Gasteiger charge is -2.18. The van der Waals surface area contributed by atoms with Crippen molar-refractivity contribution in [2.75, 3.05) is 0 Å². The molecule has 0 heterocycles. The minimum absolute atomic E-state index is 0.170. The molecule has 2 aromatic carbocycles. The highest BCUT2D eigenvalue weighted by molar-refractivity contribution is 5.78. The Morgan fingerprint density at radius 3 is 1.69 bits per heavy atom. The summed E-state index contributed by atoms with van der Waals surface area (Å²) in [6.45, 7) is 3.42. The summed E-state index contributed by atoms with van der Waals surface area (Å²) >= 11 is 0. The molecule has 2 aliphatic carbocycles. The number of carbonyl (C=O) groups excluding carboxylic acids is 2. The zero-order valence-electron chi connectivity index (χ0n) is 21.3. The average molecular weight is 477 g/mol. The first kappa shape index (κ1) is 25.5. The van der Waals surface area contributed by atoms with Gasteiger partial charge in [0.1, 0.15) is 0 Å². The molecule has 2 unspecified atom stereocenters. The van der Waals surface area contributed by atoms with Gasteiger partial charge in [-0.15, -0.1) is 0 Å². The highest BCUT2D eigenvalue weighted by atomic mass is 16.7. The molecule has 0 N–H and O–H groups in total. The van der Waals surface area contributed by atoms with Gasteiger partial charge in [-0.05, 0) is 53.9 Å². The fourth-order valence-corrected chi connectivity index (χ4v) is 5.65. The van der Waals surface area contributed by atoms with Crippen LogP contribution in [0, 0.1) is 11.8 Å². The summed E-state index contributed by atoms with van der Waals surface area (Å²) in [6.07, 6.45) is 12.2. The van der Waals surface area contributed by atoms with E-state index in [0.29, 0.717) is 0 Å². The van der Waals surface area contributed by atoms with E-state index in [4.69, 9.17) is 9.47 Å². The number of esters is 2. The Hall–Kier alpha value is -2.62. The third-order valence-corrected chi connectivity index (χ3v) is 7.78. The van der Waals surface area contributed by atoms with Crippen molar-refractivity contribution in [2.24, 2.45) is 11.8 Å². The van der Waals surface area contributed by atoms with Crippen molar-refractivity contribution in [3.63, 3.8) is 0 Å². The second kappa shape index (κ2) is 12.4. The largest absolute Gasteiger partial charge is 0.425 e. The van der Waals surface area contributed by atoms with Gasteiger partial charge in [-0.25, -0.2) is 0 Å². The Morgan fingerprint density at radius 2 is 1.17 bits per heavy atom. The van der Waals surface area contributed by atoms with E-state index in [9.17, 15) is 9.59 Å². The number of carbonyl (C=O) groups is 2. The van der Waals surface area contributed by atoms with Crippen LogP contribution in [-0.4, -0.2) is 18.2 Å². The van der Waals surface area contributed by atoms with E-state index in [1.54, 1.807) is 6.92 Å². The molecule has 188 valence electrons. The molecule has 4 nitrogen and oxygen atoms in total. The van der Waals surface area contributed by atoms with Crippen molar-refractivity contribution in [3.05, 3.63) is 70.8 Å². The molecule has 0 aromatic heterocycles. The number of rotatable bonds is 10. The molecule has 0 bridgehead atoms. The lowest BCUT2D eigenvalue weighted by atomic mass is 9.95. The highest BCUT2D eigenvalue weighted by Gasteiger charge is 2.22. The lowest BCUT2D eigenvalue weighted by molar-refractivity contribution is -0.184. The van der Waals surface area contributed by atoms with Crippen molar-refractivity contribution in [1.82, 2.24) is 0 Å². The van der Waals surface area contributed by atoms with Gasteiger partial charge >= 0.3 is 11.9 Å². The molecular formula is C31H40O4. The van der Waals surface area contributed by atoms with Crippen molar-refractivity contribution in [3.8, 4) is 0 Å². The number of hydrogen-bond acceptors (Lipinski definition) is 4. The molecule has 0 spiro atoms. The first-order valence-electron chi connectivity index (χ1n) is 13.5. The van der Waals surface area contributed by atoms with E-state index in [1.807, 2.05) is 31.2 Å². The second-order valence-electron chi connectivity index (χ2n) is 10.7. The molecular weight excluding hydrogens is 436 g/mol. The fraction of sp³-hybridized carbons (Fsp3) is 0.548. The third-order valence-electron chi connectivity index (χ3n) is 7.78. The normalized spacial score (nSPS) is 18.3. The Labute approximate surface area is 210 Å². The van der Waals surface area contributed by atoms with Gasteiger partial charge in [0.15, 0.2) is 0 Å². The maximum atomic E-state index is 12.6. The van der Waals surface area contributed by atoms with E-state index in [1.165, 1.54) is 62.5 Å². The standard InChI is InChI=1S/C31H40O4/c1-22(29-17-15-27(16-18-29)20-25-9-5-6-10-25)31(33)35-23(2)34-30(32)21-28-13-11-26(12-14-28)19-24-7-3-4-8-24/h11-18,22-25H,3-10,19-21H2,1-2H3. The molecule has 2 aliphatic rings. The Morgan fingerprint density at radius 1 is 0.714 bits per heavy atom. The number of benzene rings is 2. The smallest absolute Gasteiger partial charge is 0.316 e. The molecule has 0 aliphatic heterocycles. The summed E-state index contributed by atoms with van der Waals surface area (Å²) in [5.41, 5.74) is 4.49. The van der Waals surface area contributed by atoms with Crippen LogP contribution in [0.3, 0.4) is 0 Å². The van der Waals surface area contributed by atoms with E-state index < -0.39 is 18.2 Å². The second-order valence-corrected chi connectivity index (χ2v) is 10.7. The summed E-state index contributed by atoms with van der Waals surface area (Å²) in [5.74, 6) is 0.416. The molecule has 0 saturated heterocycles. The highest BCUT2D eigenvalue weighted by Crippen LogP contribution is 2.29. The molecule has 4 rings (SSSR count). The van der Waals surface area contributed by atoms with Gasteiger partial charge in [0.25, 0.3) is 0 Å². The zero-order chi connectivity index (χ0) is 24.6. The van der Waals surface area contributed by atoms with Crippen LogP contribution >= 0.6 is 0 Å². The van der Waals surface area contributed by atoms with Gasteiger partial charge in [-0.1, -0.05) is 99.9 Å². The molecule has 2 fully saturated rings. The predicted octanol–water partition coefficient (Wildman–Crippen LogP) is 6.93. The number of ether oxygens (including phenoxy) is 2. The van der Waals surface area contributed by atoms with Crippen molar-refractivity contribution < 1.29 is 19.1 Å². The molecule has 4 heteroatoms. The molecule has 0 radical (unpaired) electrons. The van der Waals surface area contributed by atoms with E-state index >= 15 is 0 Å².